The SMILES string of the molecule is O=C(Cn1c(=O)oc2ccccc21)N1CCN(S(=O)(=O)c2ccccc2C(F)(F)F)CC1. The number of carbonyl (C=O) groups excluding carboxylic acids is 1. The third kappa shape index (κ3) is 4.02. The Morgan fingerprint density at radius 2 is 1.59 bits per heavy atom. The van der Waals surface area contributed by atoms with Crippen LogP contribution >= 0.6 is 0 Å². The van der Waals surface area contributed by atoms with E-state index in [4.69, 9.17) is 4.42 Å². The number of halogens is 3. The Labute approximate surface area is 180 Å². The predicted octanol–water partition coefficient (Wildman–Crippen LogP) is 2.15. The molecule has 1 aliphatic heterocycles. The van der Waals surface area contributed by atoms with Gasteiger partial charge < -0.3 is 9.32 Å². The van der Waals surface area contributed by atoms with Crippen LogP contribution < -0.4 is 5.76 Å². The molecule has 0 bridgehead atoms. The Bertz CT molecular complexity index is 1320. The first-order chi connectivity index (χ1) is 15.1. The summed E-state index contributed by atoms with van der Waals surface area (Å²) in [6.07, 6.45) is -4.82. The number of amides is 1. The summed E-state index contributed by atoms with van der Waals surface area (Å²) in [6, 6.07) is 10.6. The molecule has 1 aromatic heterocycles. The van der Waals surface area contributed by atoms with Gasteiger partial charge in [0.15, 0.2) is 5.58 Å². The lowest BCUT2D eigenvalue weighted by molar-refractivity contribution is -0.139. The van der Waals surface area contributed by atoms with Gasteiger partial charge in [-0.05, 0) is 24.3 Å². The van der Waals surface area contributed by atoms with E-state index in [9.17, 15) is 31.2 Å². The van der Waals surface area contributed by atoms with Gasteiger partial charge in [-0.15, -0.1) is 0 Å². The standard InChI is InChI=1S/C20H18F3N3O5S/c21-20(22,23)14-5-1-4-8-17(14)32(29,30)25-11-9-24(10-12-25)18(27)13-26-15-6-2-3-7-16(15)31-19(26)28/h1-8H,9-13H2. The third-order valence-electron chi connectivity index (χ3n) is 5.27. The van der Waals surface area contributed by atoms with Crippen LogP contribution in [0.1, 0.15) is 5.56 Å². The number of alkyl halides is 3. The van der Waals surface area contributed by atoms with Crippen molar-refractivity contribution in [3.63, 3.8) is 0 Å². The van der Waals surface area contributed by atoms with Gasteiger partial charge in [-0.2, -0.15) is 17.5 Å². The summed E-state index contributed by atoms with van der Waals surface area (Å²) >= 11 is 0. The number of nitrogens with zero attached hydrogens (tertiary/aromatic N) is 3. The molecule has 170 valence electrons. The van der Waals surface area contributed by atoms with Crippen molar-refractivity contribution in [1.29, 1.82) is 0 Å². The molecule has 0 atom stereocenters. The molecule has 3 aromatic rings. The highest BCUT2D eigenvalue weighted by Gasteiger charge is 2.39. The van der Waals surface area contributed by atoms with E-state index in [1.165, 1.54) is 15.5 Å². The maximum absolute atomic E-state index is 13.3. The lowest BCUT2D eigenvalue weighted by Crippen LogP contribution is -2.51. The summed E-state index contributed by atoms with van der Waals surface area (Å²) in [5.41, 5.74) is -0.440. The van der Waals surface area contributed by atoms with E-state index in [1.807, 2.05) is 0 Å². The average molecular weight is 469 g/mol. The van der Waals surface area contributed by atoms with Crippen molar-refractivity contribution in [2.45, 2.75) is 17.6 Å². The largest absolute Gasteiger partial charge is 0.420 e. The lowest BCUT2D eigenvalue weighted by Gasteiger charge is -2.34. The van der Waals surface area contributed by atoms with Gasteiger partial charge in [-0.3, -0.25) is 9.36 Å². The molecular formula is C20H18F3N3O5S. The summed E-state index contributed by atoms with van der Waals surface area (Å²) in [7, 11) is -4.41. The van der Waals surface area contributed by atoms with E-state index < -0.39 is 38.3 Å². The predicted molar refractivity (Wildman–Crippen MR) is 107 cm³/mol. The fourth-order valence-electron chi connectivity index (χ4n) is 3.64. The van der Waals surface area contributed by atoms with E-state index >= 15 is 0 Å². The minimum atomic E-state index is -4.82. The van der Waals surface area contributed by atoms with Gasteiger partial charge in [-0.1, -0.05) is 24.3 Å². The van der Waals surface area contributed by atoms with Crippen molar-refractivity contribution in [1.82, 2.24) is 13.8 Å². The highest BCUT2D eigenvalue weighted by Crippen LogP contribution is 2.35. The van der Waals surface area contributed by atoms with E-state index in [0.29, 0.717) is 11.1 Å². The van der Waals surface area contributed by atoms with E-state index in [1.54, 1.807) is 24.3 Å². The Morgan fingerprint density at radius 1 is 0.969 bits per heavy atom. The average Bonchev–Trinajstić information content (AvgIpc) is 3.08. The molecule has 32 heavy (non-hydrogen) atoms. The van der Waals surface area contributed by atoms with Crippen molar-refractivity contribution in [2.75, 3.05) is 26.2 Å². The highest BCUT2D eigenvalue weighted by atomic mass is 32.2. The van der Waals surface area contributed by atoms with E-state index in [-0.39, 0.29) is 32.7 Å². The number of para-hydroxylation sites is 2. The second kappa shape index (κ2) is 8.10. The zero-order valence-electron chi connectivity index (χ0n) is 16.6. The third-order valence-corrected chi connectivity index (χ3v) is 7.23. The molecule has 4 rings (SSSR count). The van der Waals surface area contributed by atoms with Gasteiger partial charge in [0.1, 0.15) is 6.54 Å². The molecule has 1 saturated heterocycles. The van der Waals surface area contributed by atoms with Gasteiger partial charge in [0.25, 0.3) is 0 Å². The molecule has 8 nitrogen and oxygen atoms in total. The molecule has 2 aromatic carbocycles. The lowest BCUT2D eigenvalue weighted by atomic mass is 10.2. The number of aromatic nitrogens is 1. The number of fused-ring (bicyclic) bond motifs is 1. The number of rotatable bonds is 4. The van der Waals surface area contributed by atoms with Crippen LogP contribution in [0.25, 0.3) is 11.1 Å². The smallest absolute Gasteiger partial charge is 0.408 e. The van der Waals surface area contributed by atoms with Crippen molar-refractivity contribution < 1.29 is 30.8 Å². The molecule has 1 fully saturated rings. The topological polar surface area (TPSA) is 92.8 Å². The first-order valence-electron chi connectivity index (χ1n) is 9.61. The molecule has 0 spiro atoms. The molecule has 0 aliphatic carbocycles. The van der Waals surface area contributed by atoms with Crippen molar-refractivity contribution in [3.05, 3.63) is 64.6 Å². The molecular weight excluding hydrogens is 451 g/mol. The fraction of sp³-hybridized carbons (Fsp3) is 0.300. The molecule has 12 heteroatoms. The van der Waals surface area contributed by atoms with Gasteiger partial charge in [0, 0.05) is 26.2 Å². The second-order valence-electron chi connectivity index (χ2n) is 7.20. The minimum Gasteiger partial charge on any atom is -0.408 e. The van der Waals surface area contributed by atoms with Crippen LogP contribution in [0.15, 0.2) is 62.6 Å². The molecule has 0 radical (unpaired) electrons. The molecule has 0 unspecified atom stereocenters. The van der Waals surface area contributed by atoms with Gasteiger partial charge in [-0.25, -0.2) is 13.2 Å². The summed E-state index contributed by atoms with van der Waals surface area (Å²) in [5, 5.41) is 0. The molecule has 2 heterocycles. The summed E-state index contributed by atoms with van der Waals surface area (Å²) < 4.78 is 72.7. The van der Waals surface area contributed by atoms with Gasteiger partial charge in [0.2, 0.25) is 15.9 Å². The van der Waals surface area contributed by atoms with Crippen molar-refractivity contribution in [3.8, 4) is 0 Å². The number of benzene rings is 2. The zero-order chi connectivity index (χ0) is 23.1. The number of carbonyl (C=O) groups is 1. The molecule has 0 saturated carbocycles. The maximum Gasteiger partial charge on any atom is 0.420 e. The highest BCUT2D eigenvalue weighted by molar-refractivity contribution is 7.89. The Kier molecular flexibility index (Phi) is 5.59. The van der Waals surface area contributed by atoms with Gasteiger partial charge in [0.05, 0.1) is 16.0 Å². The summed E-state index contributed by atoms with van der Waals surface area (Å²) in [6.45, 7) is -0.657. The van der Waals surface area contributed by atoms with Crippen LogP contribution in [0.4, 0.5) is 13.2 Å². The Morgan fingerprint density at radius 3 is 2.28 bits per heavy atom. The van der Waals surface area contributed by atoms with Crippen LogP contribution in [0.3, 0.4) is 0 Å². The first kappa shape index (κ1) is 22.1. The molecule has 1 aliphatic rings. The van der Waals surface area contributed by atoms with Crippen LogP contribution in [0.5, 0.6) is 0 Å². The first-order valence-corrected chi connectivity index (χ1v) is 11.1. The second-order valence-corrected chi connectivity index (χ2v) is 9.11. The van der Waals surface area contributed by atoms with E-state index in [0.717, 1.165) is 22.5 Å². The Hall–Kier alpha value is -3.12. The summed E-state index contributed by atoms with van der Waals surface area (Å²) in [4.78, 5) is 25.3. The number of sulfonamides is 1. The normalized spacial score (nSPS) is 15.9. The zero-order valence-corrected chi connectivity index (χ0v) is 17.4. The van der Waals surface area contributed by atoms with Crippen LogP contribution in [-0.4, -0.2) is 54.3 Å². The number of oxazole rings is 1. The fourth-order valence-corrected chi connectivity index (χ4v) is 5.28. The van der Waals surface area contributed by atoms with Crippen LogP contribution in [0.2, 0.25) is 0 Å². The quantitative estimate of drug-likeness (QED) is 0.584. The van der Waals surface area contributed by atoms with Crippen molar-refractivity contribution >= 4 is 27.0 Å². The number of hydrogen-bond acceptors (Lipinski definition) is 5. The summed E-state index contributed by atoms with van der Waals surface area (Å²) in [5.74, 6) is -1.11. The molecule has 1 amide bonds. The van der Waals surface area contributed by atoms with Crippen LogP contribution in [-0.2, 0) is 27.5 Å². The molecule has 0 N–H and O–H groups in total. The van der Waals surface area contributed by atoms with E-state index in [2.05, 4.69) is 0 Å². The maximum atomic E-state index is 13.3. The monoisotopic (exact) mass is 469 g/mol. The number of piperazine rings is 1. The Balaban J connectivity index is 1.48. The number of hydrogen-bond donors (Lipinski definition) is 0. The minimum absolute atomic E-state index is 0.0171. The van der Waals surface area contributed by atoms with Gasteiger partial charge >= 0.3 is 11.9 Å². The van der Waals surface area contributed by atoms with Crippen molar-refractivity contribution in [2.24, 2.45) is 0 Å². The van der Waals surface area contributed by atoms with Crippen LogP contribution in [0, 0.1) is 0 Å².